The van der Waals surface area contributed by atoms with E-state index in [1.165, 1.54) is 12.1 Å². The number of benzene rings is 1. The van der Waals surface area contributed by atoms with Crippen molar-refractivity contribution >= 4 is 21.4 Å². The molecule has 116 valence electrons. The van der Waals surface area contributed by atoms with Crippen LogP contribution in [0.1, 0.15) is 20.3 Å². The Hall–Kier alpha value is -1.60. The summed E-state index contributed by atoms with van der Waals surface area (Å²) in [5.41, 5.74) is 5.74. The Balaban J connectivity index is 2.29. The van der Waals surface area contributed by atoms with Crippen LogP contribution in [0.25, 0.3) is 0 Å². The smallest absolute Gasteiger partial charge is 0.265 e. The first-order valence-electron chi connectivity index (χ1n) is 6.89. The molecule has 0 bridgehead atoms. The number of hydrogen-bond acceptors (Lipinski definition) is 5. The predicted molar refractivity (Wildman–Crippen MR) is 80.0 cm³/mol. The number of amides is 1. The van der Waals surface area contributed by atoms with E-state index in [2.05, 4.69) is 5.32 Å². The number of nitrogens with two attached hydrogens (primary N) is 1. The van der Waals surface area contributed by atoms with Crippen molar-refractivity contribution in [1.29, 1.82) is 0 Å². The van der Waals surface area contributed by atoms with E-state index in [-0.39, 0.29) is 22.5 Å². The van der Waals surface area contributed by atoms with Crippen LogP contribution in [0.5, 0.6) is 5.75 Å². The lowest BCUT2D eigenvalue weighted by Gasteiger charge is -2.28. The molecule has 21 heavy (non-hydrogen) atoms. The van der Waals surface area contributed by atoms with Gasteiger partial charge in [-0.3, -0.25) is 4.79 Å². The number of nitrogens with one attached hydrogen (secondary N) is 1. The Kier molecular flexibility index (Phi) is 4.53. The van der Waals surface area contributed by atoms with Gasteiger partial charge in [-0.2, -0.15) is 0 Å². The molecule has 1 unspecified atom stereocenters. The molecule has 0 fully saturated rings. The zero-order valence-corrected chi connectivity index (χ0v) is 12.9. The molecule has 2 rings (SSSR count). The van der Waals surface area contributed by atoms with Crippen LogP contribution in [0.3, 0.4) is 0 Å². The summed E-state index contributed by atoms with van der Waals surface area (Å²) in [5.74, 6) is 0.261. The van der Waals surface area contributed by atoms with Crippen LogP contribution in [-0.4, -0.2) is 32.7 Å². The Morgan fingerprint density at radius 3 is 2.71 bits per heavy atom. The molecule has 0 aromatic heterocycles. The lowest BCUT2D eigenvalue weighted by atomic mass is 10.0. The Morgan fingerprint density at radius 2 is 2.10 bits per heavy atom. The van der Waals surface area contributed by atoms with Crippen LogP contribution in [-0.2, 0) is 14.6 Å². The summed E-state index contributed by atoms with van der Waals surface area (Å²) in [6.07, 6.45) is -0.158. The van der Waals surface area contributed by atoms with E-state index in [1.54, 1.807) is 6.07 Å². The molecular weight excluding hydrogens is 292 g/mol. The number of sulfone groups is 1. The molecule has 1 heterocycles. The maximum atomic E-state index is 12.1. The van der Waals surface area contributed by atoms with E-state index >= 15 is 0 Å². The van der Waals surface area contributed by atoms with Gasteiger partial charge in [-0.05, 0) is 37.1 Å². The first-order chi connectivity index (χ1) is 9.85. The van der Waals surface area contributed by atoms with Gasteiger partial charge in [0.15, 0.2) is 15.9 Å². The van der Waals surface area contributed by atoms with Gasteiger partial charge in [0.25, 0.3) is 5.91 Å². The fraction of sp³-hybridized carbons (Fsp3) is 0.500. The van der Waals surface area contributed by atoms with Crippen molar-refractivity contribution in [2.45, 2.75) is 31.3 Å². The molecule has 1 atom stereocenters. The molecule has 0 radical (unpaired) electrons. The topological polar surface area (TPSA) is 98.5 Å². The highest BCUT2D eigenvalue weighted by atomic mass is 32.2. The van der Waals surface area contributed by atoms with Crippen molar-refractivity contribution in [3.63, 3.8) is 0 Å². The van der Waals surface area contributed by atoms with Crippen LogP contribution >= 0.6 is 0 Å². The molecule has 1 amide bonds. The molecule has 1 aromatic carbocycles. The third-order valence-corrected chi connectivity index (χ3v) is 5.10. The first kappa shape index (κ1) is 15.8. The minimum absolute atomic E-state index is 0.00822. The molecule has 0 saturated carbocycles. The minimum atomic E-state index is -3.39. The normalized spacial score (nSPS) is 18.1. The quantitative estimate of drug-likeness (QED) is 0.850. The fourth-order valence-electron chi connectivity index (χ4n) is 2.13. The second-order valence-electron chi connectivity index (χ2n) is 5.39. The third-order valence-electron chi connectivity index (χ3n) is 3.30. The van der Waals surface area contributed by atoms with Gasteiger partial charge >= 0.3 is 0 Å². The fourth-order valence-corrected chi connectivity index (χ4v) is 3.48. The minimum Gasteiger partial charge on any atom is -0.478 e. The molecular formula is C14H20N2O4S. The molecule has 0 aliphatic carbocycles. The lowest BCUT2D eigenvalue weighted by Crippen LogP contribution is -2.40. The number of ether oxygens (including phenoxy) is 1. The summed E-state index contributed by atoms with van der Waals surface area (Å²) in [6.45, 7) is 4.10. The third kappa shape index (κ3) is 3.36. The van der Waals surface area contributed by atoms with Crippen molar-refractivity contribution in [1.82, 2.24) is 0 Å². The monoisotopic (exact) mass is 312 g/mol. The summed E-state index contributed by atoms with van der Waals surface area (Å²) in [4.78, 5) is 12.1. The average Bonchev–Trinajstić information content (AvgIpc) is 2.43. The molecule has 1 aliphatic heterocycles. The summed E-state index contributed by atoms with van der Waals surface area (Å²) >= 11 is 0. The van der Waals surface area contributed by atoms with E-state index in [0.29, 0.717) is 24.4 Å². The van der Waals surface area contributed by atoms with Gasteiger partial charge in [0.2, 0.25) is 0 Å². The van der Waals surface area contributed by atoms with Crippen molar-refractivity contribution in [3.05, 3.63) is 18.2 Å². The number of hydrogen-bond donors (Lipinski definition) is 2. The maximum Gasteiger partial charge on any atom is 0.265 e. The molecule has 0 spiro atoms. The van der Waals surface area contributed by atoms with Crippen LogP contribution in [0.2, 0.25) is 0 Å². The molecule has 1 aliphatic rings. The summed E-state index contributed by atoms with van der Waals surface area (Å²) in [5, 5.41) is 2.71. The molecule has 0 saturated heterocycles. The largest absolute Gasteiger partial charge is 0.478 e. The Morgan fingerprint density at radius 1 is 1.38 bits per heavy atom. The number of carbonyl (C=O) groups excluding carboxylic acids is 1. The highest BCUT2D eigenvalue weighted by molar-refractivity contribution is 7.91. The standard InChI is InChI=1S/C14H20N2O4S/c1-9(2)13-14(17)16-11-8-10(4-5-12(11)20-13)21(18,19)7-3-6-15/h4-5,8-9,13H,3,6-7,15H2,1-2H3,(H,16,17). The number of carbonyl (C=O) groups is 1. The predicted octanol–water partition coefficient (Wildman–Crippen LogP) is 1.16. The molecule has 7 heteroatoms. The molecule has 1 aromatic rings. The van der Waals surface area contributed by atoms with Crippen LogP contribution in [0, 0.1) is 5.92 Å². The zero-order valence-electron chi connectivity index (χ0n) is 12.1. The van der Waals surface area contributed by atoms with Crippen molar-refractivity contribution in [2.24, 2.45) is 11.7 Å². The summed E-state index contributed by atoms with van der Waals surface area (Å²) in [7, 11) is -3.39. The second-order valence-corrected chi connectivity index (χ2v) is 7.50. The molecule has 6 nitrogen and oxygen atoms in total. The van der Waals surface area contributed by atoms with Gasteiger partial charge < -0.3 is 15.8 Å². The second kappa shape index (κ2) is 6.03. The number of fused-ring (bicyclic) bond motifs is 1. The van der Waals surface area contributed by atoms with Gasteiger partial charge in [0.1, 0.15) is 5.75 Å². The van der Waals surface area contributed by atoms with Gasteiger partial charge in [-0.1, -0.05) is 13.8 Å². The first-order valence-corrected chi connectivity index (χ1v) is 8.55. The summed E-state index contributed by atoms with van der Waals surface area (Å²) in [6, 6.07) is 4.52. The van der Waals surface area contributed by atoms with E-state index < -0.39 is 15.9 Å². The SMILES string of the molecule is CC(C)C1Oc2ccc(S(=O)(=O)CCCN)cc2NC1=O. The van der Waals surface area contributed by atoms with Gasteiger partial charge in [-0.15, -0.1) is 0 Å². The number of anilines is 1. The highest BCUT2D eigenvalue weighted by Gasteiger charge is 2.31. The van der Waals surface area contributed by atoms with Gasteiger partial charge in [-0.25, -0.2) is 8.42 Å². The van der Waals surface area contributed by atoms with E-state index in [9.17, 15) is 13.2 Å². The maximum absolute atomic E-state index is 12.1. The van der Waals surface area contributed by atoms with Gasteiger partial charge in [0.05, 0.1) is 16.3 Å². The van der Waals surface area contributed by atoms with Crippen molar-refractivity contribution < 1.29 is 17.9 Å². The van der Waals surface area contributed by atoms with E-state index in [4.69, 9.17) is 10.5 Å². The Labute approximate surface area is 124 Å². The lowest BCUT2D eigenvalue weighted by molar-refractivity contribution is -0.125. The number of rotatable bonds is 5. The van der Waals surface area contributed by atoms with Gasteiger partial charge in [0, 0.05) is 0 Å². The molecule has 3 N–H and O–H groups in total. The highest BCUT2D eigenvalue weighted by Crippen LogP contribution is 2.33. The summed E-state index contributed by atoms with van der Waals surface area (Å²) < 4.78 is 29.9. The van der Waals surface area contributed by atoms with Crippen LogP contribution < -0.4 is 15.8 Å². The van der Waals surface area contributed by atoms with E-state index in [0.717, 1.165) is 0 Å². The van der Waals surface area contributed by atoms with Crippen molar-refractivity contribution in [2.75, 3.05) is 17.6 Å². The van der Waals surface area contributed by atoms with Crippen molar-refractivity contribution in [3.8, 4) is 5.75 Å². The average molecular weight is 312 g/mol. The van der Waals surface area contributed by atoms with Crippen LogP contribution in [0.4, 0.5) is 5.69 Å². The van der Waals surface area contributed by atoms with E-state index in [1.807, 2.05) is 13.8 Å². The Bertz CT molecular complexity index is 640. The van der Waals surface area contributed by atoms with Crippen LogP contribution in [0.15, 0.2) is 23.1 Å². The zero-order chi connectivity index (χ0) is 15.6.